The van der Waals surface area contributed by atoms with Crippen LogP contribution in [0.3, 0.4) is 0 Å². The fraction of sp³-hybridized carbons (Fsp3) is 0.571. The van der Waals surface area contributed by atoms with Gasteiger partial charge in [0.1, 0.15) is 0 Å². The summed E-state index contributed by atoms with van der Waals surface area (Å²) in [5.41, 5.74) is 0. The van der Waals surface area contributed by atoms with Gasteiger partial charge in [-0.25, -0.2) is 9.59 Å². The van der Waals surface area contributed by atoms with Crippen molar-refractivity contribution in [2.24, 2.45) is 0 Å². The Morgan fingerprint density at radius 1 is 1.23 bits per heavy atom. The monoisotopic (exact) mass is 311 g/mol. The molecule has 22 heavy (non-hydrogen) atoms. The zero-order valence-corrected chi connectivity index (χ0v) is 12.4. The Balaban J connectivity index is 1.61. The summed E-state index contributed by atoms with van der Waals surface area (Å²) in [4.78, 5) is 27.6. The van der Waals surface area contributed by atoms with E-state index in [4.69, 9.17) is 4.84 Å². The first-order valence-electron chi connectivity index (χ1n) is 7.35. The van der Waals surface area contributed by atoms with Crippen molar-refractivity contribution in [1.82, 2.24) is 15.4 Å². The summed E-state index contributed by atoms with van der Waals surface area (Å²) in [6, 6.07) is 2.58. The maximum atomic E-state index is 11.6. The average molecular weight is 311 g/mol. The number of aromatic nitrogens is 1. The van der Waals surface area contributed by atoms with Crippen LogP contribution in [0.5, 0.6) is 11.8 Å². The summed E-state index contributed by atoms with van der Waals surface area (Å²) in [7, 11) is 0. The number of unbranched alkanes of at least 4 members (excludes halogenated alkanes) is 2. The number of rotatable bonds is 7. The molecule has 0 spiro atoms. The number of amides is 2. The molecule has 0 saturated carbocycles. The van der Waals surface area contributed by atoms with Gasteiger partial charge in [0.2, 0.25) is 11.8 Å². The van der Waals surface area contributed by atoms with E-state index in [1.54, 1.807) is 0 Å². The molecule has 122 valence electrons. The normalized spacial score (nSPS) is 20.5. The van der Waals surface area contributed by atoms with E-state index < -0.39 is 5.97 Å². The van der Waals surface area contributed by atoms with Gasteiger partial charge < -0.3 is 25.7 Å². The lowest BCUT2D eigenvalue weighted by Gasteiger charge is -2.13. The largest absolute Gasteiger partial charge is 0.492 e. The Labute approximate surface area is 128 Å². The molecule has 1 fully saturated rings. The van der Waals surface area contributed by atoms with Crippen molar-refractivity contribution in [2.45, 2.75) is 51.1 Å². The minimum atomic E-state index is -0.522. The lowest BCUT2D eigenvalue weighted by molar-refractivity contribution is -0.145. The van der Waals surface area contributed by atoms with E-state index in [-0.39, 0.29) is 36.3 Å². The van der Waals surface area contributed by atoms with Gasteiger partial charge in [0.25, 0.3) is 0 Å². The fourth-order valence-electron chi connectivity index (χ4n) is 2.42. The predicted octanol–water partition coefficient (Wildman–Crippen LogP) is 0.875. The Morgan fingerprint density at radius 2 is 1.91 bits per heavy atom. The highest BCUT2D eigenvalue weighted by molar-refractivity contribution is 5.77. The van der Waals surface area contributed by atoms with Gasteiger partial charge in [0.05, 0.1) is 6.04 Å². The van der Waals surface area contributed by atoms with Gasteiger partial charge in [-0.2, -0.15) is 0 Å². The van der Waals surface area contributed by atoms with Crippen LogP contribution in [-0.2, 0) is 4.79 Å². The van der Waals surface area contributed by atoms with Gasteiger partial charge in [-0.1, -0.05) is 12.8 Å². The zero-order chi connectivity index (χ0) is 16.1. The number of carbonyl (C=O) groups excluding carboxylic acids is 2. The fourth-order valence-corrected chi connectivity index (χ4v) is 2.42. The molecule has 0 radical (unpaired) electrons. The summed E-state index contributed by atoms with van der Waals surface area (Å²) in [5.74, 6) is -1.18. The van der Waals surface area contributed by atoms with Gasteiger partial charge in [0, 0.05) is 24.6 Å². The molecule has 1 aromatic heterocycles. The van der Waals surface area contributed by atoms with Gasteiger partial charge in [-0.3, -0.25) is 0 Å². The molecule has 0 aromatic carbocycles. The molecule has 8 heteroatoms. The highest BCUT2D eigenvalue weighted by atomic mass is 16.7. The molecule has 0 aliphatic carbocycles. The summed E-state index contributed by atoms with van der Waals surface area (Å²) in [6.07, 6.45) is 3.42. The molecule has 2 atom stereocenters. The van der Waals surface area contributed by atoms with Crippen LogP contribution in [0.15, 0.2) is 12.1 Å². The topological polar surface area (TPSA) is 113 Å². The van der Waals surface area contributed by atoms with Gasteiger partial charge in [-0.15, -0.1) is 4.73 Å². The van der Waals surface area contributed by atoms with E-state index in [9.17, 15) is 19.8 Å². The molecule has 2 rings (SSSR count). The number of hydrogen-bond acceptors (Lipinski definition) is 5. The van der Waals surface area contributed by atoms with E-state index in [2.05, 4.69) is 10.6 Å². The second-order valence-corrected chi connectivity index (χ2v) is 5.42. The van der Waals surface area contributed by atoms with Crippen LogP contribution < -0.4 is 15.5 Å². The Bertz CT molecular complexity index is 523. The van der Waals surface area contributed by atoms with Crippen molar-refractivity contribution in [2.75, 3.05) is 0 Å². The molecular formula is C14H21N3O5. The molecule has 2 amide bonds. The first-order valence-corrected chi connectivity index (χ1v) is 7.35. The van der Waals surface area contributed by atoms with Crippen LogP contribution in [0.25, 0.3) is 0 Å². The van der Waals surface area contributed by atoms with Crippen LogP contribution in [0.1, 0.15) is 39.0 Å². The molecular weight excluding hydrogens is 290 g/mol. The van der Waals surface area contributed by atoms with Crippen molar-refractivity contribution in [3.63, 3.8) is 0 Å². The molecule has 1 aromatic rings. The highest BCUT2D eigenvalue weighted by Crippen LogP contribution is 2.19. The third-order valence-corrected chi connectivity index (χ3v) is 3.67. The van der Waals surface area contributed by atoms with Crippen LogP contribution in [0.2, 0.25) is 0 Å². The number of nitrogens with zero attached hydrogens (tertiary/aromatic N) is 1. The Morgan fingerprint density at radius 3 is 2.50 bits per heavy atom. The van der Waals surface area contributed by atoms with Crippen molar-refractivity contribution in [1.29, 1.82) is 0 Å². The van der Waals surface area contributed by atoms with E-state index in [0.29, 0.717) is 11.2 Å². The first kappa shape index (κ1) is 16.0. The lowest BCUT2D eigenvalue weighted by atomic mass is 10.0. The smallest absolute Gasteiger partial charge is 0.333 e. The van der Waals surface area contributed by atoms with E-state index in [0.717, 1.165) is 19.3 Å². The zero-order valence-electron chi connectivity index (χ0n) is 12.4. The second-order valence-electron chi connectivity index (χ2n) is 5.42. The summed E-state index contributed by atoms with van der Waals surface area (Å²) >= 11 is 0. The molecule has 0 bridgehead atoms. The minimum Gasteiger partial charge on any atom is -0.492 e. The van der Waals surface area contributed by atoms with Crippen LogP contribution >= 0.6 is 0 Å². The van der Waals surface area contributed by atoms with Gasteiger partial charge in [0.15, 0.2) is 0 Å². The number of nitrogens with one attached hydrogen (secondary N) is 2. The molecule has 1 aliphatic heterocycles. The quantitative estimate of drug-likeness (QED) is 0.558. The van der Waals surface area contributed by atoms with Crippen LogP contribution in [0, 0.1) is 0 Å². The second kappa shape index (κ2) is 7.06. The standard InChI is InChI=1S/C14H21N3O5/c1-9-10(16-14(21)15-9)5-3-2-4-6-13(20)22-17-11(18)7-8-12(17)19/h7-10,18-19H,2-6H2,1H3,(H2,15,16,21)/t9-,10+/m0/s1. The minimum absolute atomic E-state index is 0.122. The van der Waals surface area contributed by atoms with Crippen molar-refractivity contribution in [3.8, 4) is 11.8 Å². The SMILES string of the molecule is C[C@@H]1NC(=O)N[C@@H]1CCCCCC(=O)On1c(O)ccc1O. The third-order valence-electron chi connectivity index (χ3n) is 3.67. The highest BCUT2D eigenvalue weighted by Gasteiger charge is 2.26. The van der Waals surface area contributed by atoms with Crippen LogP contribution in [0.4, 0.5) is 4.79 Å². The maximum absolute atomic E-state index is 11.6. The number of hydrogen-bond donors (Lipinski definition) is 4. The molecule has 8 nitrogen and oxygen atoms in total. The molecule has 4 N–H and O–H groups in total. The third kappa shape index (κ3) is 4.06. The van der Waals surface area contributed by atoms with E-state index >= 15 is 0 Å². The maximum Gasteiger partial charge on any atom is 0.333 e. The van der Waals surface area contributed by atoms with Crippen molar-refractivity contribution >= 4 is 12.0 Å². The first-order chi connectivity index (χ1) is 10.5. The van der Waals surface area contributed by atoms with Crippen molar-refractivity contribution < 1.29 is 24.6 Å². The van der Waals surface area contributed by atoms with E-state index in [1.807, 2.05) is 6.92 Å². The van der Waals surface area contributed by atoms with Crippen molar-refractivity contribution in [3.05, 3.63) is 12.1 Å². The average Bonchev–Trinajstić information content (AvgIpc) is 2.94. The number of aromatic hydroxyl groups is 2. The molecule has 0 unspecified atom stereocenters. The van der Waals surface area contributed by atoms with Gasteiger partial charge in [-0.05, 0) is 19.8 Å². The molecule has 2 heterocycles. The molecule has 1 aliphatic rings. The summed E-state index contributed by atoms with van der Waals surface area (Å²) < 4.78 is 0.684. The number of urea groups is 1. The van der Waals surface area contributed by atoms with E-state index in [1.165, 1.54) is 12.1 Å². The number of carbonyl (C=O) groups is 2. The predicted molar refractivity (Wildman–Crippen MR) is 77.4 cm³/mol. The summed E-state index contributed by atoms with van der Waals surface area (Å²) in [5, 5.41) is 24.3. The van der Waals surface area contributed by atoms with Gasteiger partial charge >= 0.3 is 12.0 Å². The Hall–Kier alpha value is -2.38. The van der Waals surface area contributed by atoms with Crippen LogP contribution in [-0.4, -0.2) is 39.0 Å². The Kier molecular flexibility index (Phi) is 5.13. The summed E-state index contributed by atoms with van der Waals surface area (Å²) in [6.45, 7) is 1.95. The molecule has 1 saturated heterocycles. The lowest BCUT2D eigenvalue weighted by Crippen LogP contribution is -2.30.